The normalized spacial score (nSPS) is 22.0. The number of nitrogens with one attached hydrogen (secondary N) is 1. The number of hydrogen-bond donors (Lipinski definition) is 1. The highest BCUT2D eigenvalue weighted by molar-refractivity contribution is 5.67. The Bertz CT molecular complexity index is 364. The largest absolute Gasteiger partial charge is 0.450 e. The molecule has 2 rings (SSSR count). The van der Waals surface area contributed by atoms with Gasteiger partial charge in [-0.1, -0.05) is 5.92 Å². The smallest absolute Gasteiger partial charge is 0.409 e. The highest BCUT2D eigenvalue weighted by Gasteiger charge is 2.26. The van der Waals surface area contributed by atoms with Crippen LogP contribution in [0.2, 0.25) is 0 Å². The summed E-state index contributed by atoms with van der Waals surface area (Å²) in [4.78, 5) is 15.8. The van der Waals surface area contributed by atoms with Crippen molar-refractivity contribution >= 4 is 6.09 Å². The van der Waals surface area contributed by atoms with E-state index in [2.05, 4.69) is 16.1 Å². The second kappa shape index (κ2) is 8.26. The Balaban J connectivity index is 1.65. The van der Waals surface area contributed by atoms with E-state index >= 15 is 0 Å². The average Bonchev–Trinajstić information content (AvgIpc) is 2.50. The van der Waals surface area contributed by atoms with Crippen LogP contribution in [0.3, 0.4) is 0 Å². The zero-order valence-corrected chi connectivity index (χ0v) is 13.0. The van der Waals surface area contributed by atoms with E-state index in [9.17, 15) is 4.79 Å². The molecule has 0 aromatic rings. The Morgan fingerprint density at radius 1 is 1.19 bits per heavy atom. The Hall–Kier alpha value is -1.25. The van der Waals surface area contributed by atoms with Crippen LogP contribution < -0.4 is 5.32 Å². The number of ether oxygens (including phenoxy) is 1. The van der Waals surface area contributed by atoms with Gasteiger partial charge >= 0.3 is 6.09 Å². The van der Waals surface area contributed by atoms with E-state index in [1.54, 1.807) is 0 Å². The van der Waals surface area contributed by atoms with Crippen LogP contribution in [-0.2, 0) is 4.74 Å². The van der Waals surface area contributed by atoms with Gasteiger partial charge in [0.05, 0.1) is 13.2 Å². The van der Waals surface area contributed by atoms with Crippen molar-refractivity contribution in [3.05, 3.63) is 0 Å². The fraction of sp³-hybridized carbons (Fsp3) is 0.812. The SMILES string of the molecule is C#CCN1CCC(NC2CCN(C(=O)OCC)CC2)CC1. The zero-order chi connectivity index (χ0) is 15.1. The van der Waals surface area contributed by atoms with E-state index in [1.165, 1.54) is 12.8 Å². The molecular weight excluding hydrogens is 266 g/mol. The number of nitrogens with zero attached hydrogens (tertiary/aromatic N) is 2. The lowest BCUT2D eigenvalue weighted by atomic mass is 9.99. The summed E-state index contributed by atoms with van der Waals surface area (Å²) in [6.45, 7) is 6.84. The minimum atomic E-state index is -0.168. The number of hydrogen-bond acceptors (Lipinski definition) is 4. The van der Waals surface area contributed by atoms with E-state index < -0.39 is 0 Å². The van der Waals surface area contributed by atoms with Crippen molar-refractivity contribution in [3.63, 3.8) is 0 Å². The second-order valence-electron chi connectivity index (χ2n) is 5.88. The van der Waals surface area contributed by atoms with Gasteiger partial charge in [0.25, 0.3) is 0 Å². The molecule has 2 fully saturated rings. The van der Waals surface area contributed by atoms with Gasteiger partial charge in [-0.3, -0.25) is 4.90 Å². The van der Waals surface area contributed by atoms with Gasteiger partial charge in [-0.25, -0.2) is 4.79 Å². The van der Waals surface area contributed by atoms with Crippen molar-refractivity contribution in [1.82, 2.24) is 15.1 Å². The van der Waals surface area contributed by atoms with Gasteiger partial charge in [0.15, 0.2) is 0 Å². The number of amides is 1. The lowest BCUT2D eigenvalue weighted by Crippen LogP contribution is -2.50. The Morgan fingerprint density at radius 3 is 2.29 bits per heavy atom. The predicted octanol–water partition coefficient (Wildman–Crippen LogP) is 1.29. The fourth-order valence-corrected chi connectivity index (χ4v) is 3.16. The van der Waals surface area contributed by atoms with E-state index in [0.717, 1.165) is 45.6 Å². The first-order chi connectivity index (χ1) is 10.2. The van der Waals surface area contributed by atoms with Crippen LogP contribution in [0, 0.1) is 12.3 Å². The van der Waals surface area contributed by atoms with Crippen LogP contribution in [0.4, 0.5) is 4.79 Å². The minimum Gasteiger partial charge on any atom is -0.450 e. The summed E-state index contributed by atoms with van der Waals surface area (Å²) in [5.74, 6) is 2.72. The minimum absolute atomic E-state index is 0.168. The monoisotopic (exact) mass is 293 g/mol. The van der Waals surface area contributed by atoms with Crippen molar-refractivity contribution in [3.8, 4) is 12.3 Å². The average molecular weight is 293 g/mol. The van der Waals surface area contributed by atoms with Crippen molar-refractivity contribution in [2.45, 2.75) is 44.7 Å². The van der Waals surface area contributed by atoms with Crippen LogP contribution in [0.15, 0.2) is 0 Å². The maximum absolute atomic E-state index is 11.7. The molecule has 21 heavy (non-hydrogen) atoms. The molecule has 2 saturated heterocycles. The Morgan fingerprint density at radius 2 is 1.76 bits per heavy atom. The van der Waals surface area contributed by atoms with E-state index in [1.807, 2.05) is 11.8 Å². The summed E-state index contributed by atoms with van der Waals surface area (Å²) in [5, 5.41) is 3.75. The topological polar surface area (TPSA) is 44.8 Å². The van der Waals surface area contributed by atoms with Crippen LogP contribution in [0.5, 0.6) is 0 Å². The van der Waals surface area contributed by atoms with Crippen LogP contribution in [-0.4, -0.2) is 67.3 Å². The van der Waals surface area contributed by atoms with Gasteiger partial charge in [-0.05, 0) is 32.6 Å². The highest BCUT2D eigenvalue weighted by Crippen LogP contribution is 2.16. The number of rotatable bonds is 4. The van der Waals surface area contributed by atoms with Crippen LogP contribution in [0.25, 0.3) is 0 Å². The lowest BCUT2D eigenvalue weighted by molar-refractivity contribution is 0.0927. The van der Waals surface area contributed by atoms with Crippen molar-refractivity contribution in [2.24, 2.45) is 0 Å². The van der Waals surface area contributed by atoms with Gasteiger partial charge in [0.1, 0.15) is 0 Å². The quantitative estimate of drug-likeness (QED) is 0.794. The van der Waals surface area contributed by atoms with E-state index in [0.29, 0.717) is 18.7 Å². The molecule has 0 unspecified atom stereocenters. The maximum Gasteiger partial charge on any atom is 0.409 e. The number of likely N-dealkylation sites (tertiary alicyclic amines) is 2. The number of carbonyl (C=O) groups excluding carboxylic acids is 1. The molecule has 0 saturated carbocycles. The first-order valence-corrected chi connectivity index (χ1v) is 8.06. The Labute approximate surface area is 128 Å². The van der Waals surface area contributed by atoms with Gasteiger partial charge in [0, 0.05) is 38.3 Å². The van der Waals surface area contributed by atoms with Crippen LogP contribution >= 0.6 is 0 Å². The van der Waals surface area contributed by atoms with E-state index in [-0.39, 0.29) is 6.09 Å². The summed E-state index contributed by atoms with van der Waals surface area (Å²) in [6.07, 6.45) is 9.55. The molecule has 1 N–H and O–H groups in total. The molecule has 2 aliphatic rings. The van der Waals surface area contributed by atoms with Crippen LogP contribution in [0.1, 0.15) is 32.6 Å². The maximum atomic E-state index is 11.7. The molecular formula is C16H27N3O2. The molecule has 0 spiro atoms. The molecule has 0 aliphatic carbocycles. The third kappa shape index (κ3) is 4.90. The molecule has 2 aliphatic heterocycles. The van der Waals surface area contributed by atoms with Gasteiger partial charge in [0.2, 0.25) is 0 Å². The molecule has 1 amide bonds. The summed E-state index contributed by atoms with van der Waals surface area (Å²) < 4.78 is 5.05. The first kappa shape index (κ1) is 16.1. The first-order valence-electron chi connectivity index (χ1n) is 8.06. The molecule has 0 bridgehead atoms. The molecule has 0 radical (unpaired) electrons. The number of terminal acetylenes is 1. The van der Waals surface area contributed by atoms with E-state index in [4.69, 9.17) is 11.2 Å². The molecule has 0 aromatic carbocycles. The summed E-state index contributed by atoms with van der Waals surface area (Å²) >= 11 is 0. The molecule has 0 aromatic heterocycles. The predicted molar refractivity (Wildman–Crippen MR) is 83.0 cm³/mol. The third-order valence-corrected chi connectivity index (χ3v) is 4.39. The van der Waals surface area contributed by atoms with Crippen molar-refractivity contribution in [1.29, 1.82) is 0 Å². The number of piperidine rings is 2. The fourth-order valence-electron chi connectivity index (χ4n) is 3.16. The van der Waals surface area contributed by atoms with Crippen molar-refractivity contribution < 1.29 is 9.53 Å². The number of carbonyl (C=O) groups is 1. The van der Waals surface area contributed by atoms with Gasteiger partial charge in [-0.15, -0.1) is 6.42 Å². The zero-order valence-electron chi connectivity index (χ0n) is 13.0. The Kier molecular flexibility index (Phi) is 6.34. The lowest BCUT2D eigenvalue weighted by Gasteiger charge is -2.37. The highest BCUT2D eigenvalue weighted by atomic mass is 16.6. The standard InChI is InChI=1S/C16H27N3O2/c1-3-9-18-10-5-14(6-11-18)17-15-7-12-19(13-8-15)16(20)21-4-2/h1,14-15,17H,4-13H2,2H3. The molecule has 2 heterocycles. The van der Waals surface area contributed by atoms with Gasteiger partial charge in [-0.2, -0.15) is 0 Å². The third-order valence-electron chi connectivity index (χ3n) is 4.39. The second-order valence-corrected chi connectivity index (χ2v) is 5.88. The summed E-state index contributed by atoms with van der Waals surface area (Å²) in [5.41, 5.74) is 0. The van der Waals surface area contributed by atoms with Gasteiger partial charge < -0.3 is 15.0 Å². The molecule has 0 atom stereocenters. The molecule has 5 heteroatoms. The summed E-state index contributed by atoms with van der Waals surface area (Å²) in [6, 6.07) is 1.12. The molecule has 5 nitrogen and oxygen atoms in total. The van der Waals surface area contributed by atoms with Crippen molar-refractivity contribution in [2.75, 3.05) is 39.3 Å². The summed E-state index contributed by atoms with van der Waals surface area (Å²) in [7, 11) is 0. The molecule has 118 valence electrons.